The number of aromatic nitrogens is 4. The Morgan fingerprint density at radius 1 is 1.04 bits per heavy atom. The lowest BCUT2D eigenvalue weighted by Gasteiger charge is -2.35. The third-order valence-corrected chi connectivity index (χ3v) is 4.77. The minimum atomic E-state index is 0.218. The first-order valence-corrected chi connectivity index (χ1v) is 8.41. The van der Waals surface area contributed by atoms with E-state index >= 15 is 0 Å². The van der Waals surface area contributed by atoms with E-state index < -0.39 is 0 Å². The highest BCUT2D eigenvalue weighted by Crippen LogP contribution is 2.18. The lowest BCUT2D eigenvalue weighted by Crippen LogP contribution is -2.48. The summed E-state index contributed by atoms with van der Waals surface area (Å²) >= 11 is 0. The summed E-state index contributed by atoms with van der Waals surface area (Å²) in [5.41, 5.74) is 3.27. The zero-order valence-corrected chi connectivity index (χ0v) is 14.8. The Labute approximate surface area is 142 Å². The normalized spacial score (nSPS) is 15.0. The molecule has 2 aromatic rings. The number of carbonyl (C=O) groups excluding carboxylic acids is 1. The van der Waals surface area contributed by atoms with Crippen molar-refractivity contribution in [1.29, 1.82) is 0 Å². The topological polar surface area (TPSA) is 67.2 Å². The summed E-state index contributed by atoms with van der Waals surface area (Å²) < 4.78 is 1.83. The van der Waals surface area contributed by atoms with E-state index in [4.69, 9.17) is 0 Å². The molecule has 0 bridgehead atoms. The van der Waals surface area contributed by atoms with E-state index in [9.17, 15) is 4.79 Å². The second-order valence-electron chi connectivity index (χ2n) is 6.18. The van der Waals surface area contributed by atoms with Crippen molar-refractivity contribution in [2.45, 2.75) is 34.1 Å². The molecule has 0 atom stereocenters. The van der Waals surface area contributed by atoms with E-state index in [0.29, 0.717) is 6.42 Å². The van der Waals surface area contributed by atoms with Crippen LogP contribution in [0.1, 0.15) is 30.3 Å². The molecule has 0 aliphatic carbocycles. The first kappa shape index (κ1) is 16.4. The van der Waals surface area contributed by atoms with Gasteiger partial charge in [-0.1, -0.05) is 6.92 Å². The van der Waals surface area contributed by atoms with Crippen LogP contribution in [0.5, 0.6) is 0 Å². The highest BCUT2D eigenvalue weighted by Gasteiger charge is 2.21. The van der Waals surface area contributed by atoms with Gasteiger partial charge in [0.15, 0.2) is 11.6 Å². The van der Waals surface area contributed by atoms with E-state index in [1.54, 1.807) is 0 Å². The molecule has 1 fully saturated rings. The monoisotopic (exact) mass is 328 g/mol. The van der Waals surface area contributed by atoms with E-state index in [-0.39, 0.29) is 5.91 Å². The van der Waals surface area contributed by atoms with Crippen LogP contribution in [0.15, 0.2) is 12.1 Å². The van der Waals surface area contributed by atoms with Crippen molar-refractivity contribution in [3.05, 3.63) is 29.1 Å². The number of piperazine rings is 1. The van der Waals surface area contributed by atoms with Crippen molar-refractivity contribution >= 4 is 11.7 Å². The largest absolute Gasteiger partial charge is 0.352 e. The quantitative estimate of drug-likeness (QED) is 0.857. The number of amides is 1. The van der Waals surface area contributed by atoms with Gasteiger partial charge in [0.05, 0.1) is 5.69 Å². The lowest BCUT2D eigenvalue weighted by atomic mass is 10.2. The predicted octanol–water partition coefficient (Wildman–Crippen LogP) is 1.65. The molecular weight excluding hydrogens is 304 g/mol. The van der Waals surface area contributed by atoms with Gasteiger partial charge < -0.3 is 9.80 Å². The minimum Gasteiger partial charge on any atom is -0.352 e. The Bertz CT molecular complexity index is 728. The summed E-state index contributed by atoms with van der Waals surface area (Å²) in [6.45, 7) is 11.1. The highest BCUT2D eigenvalue weighted by molar-refractivity contribution is 5.76. The molecule has 128 valence electrons. The van der Waals surface area contributed by atoms with Crippen molar-refractivity contribution in [3.8, 4) is 5.82 Å². The average molecular weight is 328 g/mol. The molecule has 0 N–H and O–H groups in total. The van der Waals surface area contributed by atoms with Crippen LogP contribution in [0.4, 0.5) is 5.82 Å². The number of carbonyl (C=O) groups is 1. The van der Waals surface area contributed by atoms with E-state index in [1.165, 1.54) is 5.56 Å². The van der Waals surface area contributed by atoms with Crippen LogP contribution in [-0.4, -0.2) is 57.0 Å². The summed E-state index contributed by atoms with van der Waals surface area (Å²) in [5.74, 6) is 1.80. The molecule has 0 saturated carbocycles. The number of rotatable bonds is 3. The maximum atomic E-state index is 11.7. The van der Waals surface area contributed by atoms with Gasteiger partial charge in [-0.25, -0.2) is 4.68 Å². The third kappa shape index (κ3) is 2.98. The molecule has 1 aliphatic heterocycles. The molecule has 7 nitrogen and oxygen atoms in total. The highest BCUT2D eigenvalue weighted by atomic mass is 16.2. The summed E-state index contributed by atoms with van der Waals surface area (Å²) in [6.07, 6.45) is 0.566. The van der Waals surface area contributed by atoms with Gasteiger partial charge in [0, 0.05) is 38.3 Å². The Morgan fingerprint density at radius 3 is 2.17 bits per heavy atom. The number of aryl methyl sites for hydroxylation is 1. The molecular formula is C17H24N6O. The standard InChI is InChI=1S/C17H24N6O/c1-5-17(24)22-10-8-21(9-11-22)15-6-7-16(19-18-15)23-14(4)12(2)13(3)20-23/h6-7H,5,8-11H2,1-4H3. The minimum absolute atomic E-state index is 0.218. The van der Waals surface area contributed by atoms with Gasteiger partial charge >= 0.3 is 0 Å². The molecule has 2 aromatic heterocycles. The second-order valence-corrected chi connectivity index (χ2v) is 6.18. The summed E-state index contributed by atoms with van der Waals surface area (Å²) in [4.78, 5) is 15.8. The molecule has 3 rings (SSSR count). The summed E-state index contributed by atoms with van der Waals surface area (Å²) in [5, 5.41) is 13.2. The van der Waals surface area contributed by atoms with Crippen LogP contribution < -0.4 is 4.90 Å². The molecule has 7 heteroatoms. The third-order valence-electron chi connectivity index (χ3n) is 4.77. The second kappa shape index (κ2) is 6.59. The molecule has 1 aliphatic rings. The number of hydrogen-bond acceptors (Lipinski definition) is 5. The Morgan fingerprint density at radius 2 is 1.67 bits per heavy atom. The SMILES string of the molecule is CCC(=O)N1CCN(c2ccc(-n3nc(C)c(C)c3C)nn2)CC1. The number of anilines is 1. The van der Waals surface area contributed by atoms with E-state index in [1.807, 2.05) is 42.5 Å². The van der Waals surface area contributed by atoms with Crippen molar-refractivity contribution in [3.63, 3.8) is 0 Å². The van der Waals surface area contributed by atoms with Gasteiger partial charge in [-0.15, -0.1) is 10.2 Å². The van der Waals surface area contributed by atoms with Crippen LogP contribution >= 0.6 is 0 Å². The Kier molecular flexibility index (Phi) is 4.51. The fraction of sp³-hybridized carbons (Fsp3) is 0.529. The molecule has 1 amide bonds. The van der Waals surface area contributed by atoms with Gasteiger partial charge in [-0.05, 0) is 38.5 Å². The molecule has 0 spiro atoms. The molecule has 0 unspecified atom stereocenters. The fourth-order valence-corrected chi connectivity index (χ4v) is 2.95. The molecule has 3 heterocycles. The average Bonchev–Trinajstić information content (AvgIpc) is 2.89. The van der Waals surface area contributed by atoms with E-state index in [2.05, 4.69) is 27.1 Å². The van der Waals surface area contributed by atoms with Crippen LogP contribution in [0.3, 0.4) is 0 Å². The Balaban J connectivity index is 1.71. The van der Waals surface area contributed by atoms with Gasteiger partial charge in [0.25, 0.3) is 0 Å². The molecule has 24 heavy (non-hydrogen) atoms. The first-order chi connectivity index (χ1) is 11.5. The van der Waals surface area contributed by atoms with Crippen molar-refractivity contribution < 1.29 is 4.79 Å². The zero-order chi connectivity index (χ0) is 17.3. The van der Waals surface area contributed by atoms with Crippen LogP contribution in [0.2, 0.25) is 0 Å². The molecule has 0 aromatic carbocycles. The van der Waals surface area contributed by atoms with Crippen LogP contribution in [-0.2, 0) is 4.79 Å². The lowest BCUT2D eigenvalue weighted by molar-refractivity contribution is -0.131. The maximum absolute atomic E-state index is 11.7. The Hall–Kier alpha value is -2.44. The van der Waals surface area contributed by atoms with Gasteiger partial charge in [-0.3, -0.25) is 4.79 Å². The molecule has 1 saturated heterocycles. The van der Waals surface area contributed by atoms with Gasteiger partial charge in [0.1, 0.15) is 0 Å². The van der Waals surface area contributed by atoms with Crippen LogP contribution in [0, 0.1) is 20.8 Å². The summed E-state index contributed by atoms with van der Waals surface area (Å²) in [7, 11) is 0. The van der Waals surface area contributed by atoms with Crippen molar-refractivity contribution in [2.75, 3.05) is 31.1 Å². The summed E-state index contributed by atoms with van der Waals surface area (Å²) in [6, 6.07) is 3.93. The first-order valence-electron chi connectivity index (χ1n) is 8.41. The fourth-order valence-electron chi connectivity index (χ4n) is 2.95. The van der Waals surface area contributed by atoms with Crippen LogP contribution in [0.25, 0.3) is 5.82 Å². The van der Waals surface area contributed by atoms with Gasteiger partial charge in [0.2, 0.25) is 5.91 Å². The molecule has 0 radical (unpaired) electrons. The van der Waals surface area contributed by atoms with Gasteiger partial charge in [-0.2, -0.15) is 5.10 Å². The smallest absolute Gasteiger partial charge is 0.222 e. The van der Waals surface area contributed by atoms with Crippen molar-refractivity contribution in [1.82, 2.24) is 24.9 Å². The number of nitrogens with zero attached hydrogens (tertiary/aromatic N) is 6. The zero-order valence-electron chi connectivity index (χ0n) is 14.8. The number of hydrogen-bond donors (Lipinski definition) is 0. The van der Waals surface area contributed by atoms with Crippen molar-refractivity contribution in [2.24, 2.45) is 0 Å². The predicted molar refractivity (Wildman–Crippen MR) is 92.4 cm³/mol. The maximum Gasteiger partial charge on any atom is 0.222 e. The van der Waals surface area contributed by atoms with E-state index in [0.717, 1.165) is 49.2 Å².